The summed E-state index contributed by atoms with van der Waals surface area (Å²) in [5.41, 5.74) is 72.2. The highest BCUT2D eigenvalue weighted by molar-refractivity contribution is 6.00. The molecule has 119 heavy (non-hydrogen) atoms. The van der Waals surface area contributed by atoms with Crippen molar-refractivity contribution in [3.8, 4) is 0 Å². The van der Waals surface area contributed by atoms with Gasteiger partial charge in [-0.2, -0.15) is 0 Å². The van der Waals surface area contributed by atoms with Crippen LogP contribution >= 0.6 is 0 Å². The third-order valence-electron chi connectivity index (χ3n) is 17.5. The summed E-state index contributed by atoms with van der Waals surface area (Å²) in [6.45, 7) is 19.6. The zero-order valence-electron chi connectivity index (χ0n) is 70.8. The molecule has 0 saturated carbocycles. The van der Waals surface area contributed by atoms with Gasteiger partial charge in [0.2, 0.25) is 76.8 Å². The van der Waals surface area contributed by atoms with Crippen molar-refractivity contribution >= 4 is 119 Å². The lowest BCUT2D eigenvalue weighted by molar-refractivity contribution is -0.142. The second kappa shape index (κ2) is 57.3. The molecule has 0 aliphatic carbocycles. The molecule has 0 rings (SSSR count). The SMILES string of the molecule is CC(C)C[C@@H](NC(=O)[C@H](N)CCCN=C(N)N)C(=O)N[C@H](C)C(=O)N[C@H](CCCN=C(N)N)C(=O)N[C@H](CC(C)C)C(=O)N[C@H](C)C(=O)N[C@H](CCCN=C(N)N)C(=O)N[C@H](CCCN=C(N)N)C(=O)N[C@H](CC(C)C)C(=O)N[C@H](C)C(=O)N[C@H](CCCN=C(N)N)C(=O)N[C@H](CC(C)C)C(=O)N[C@H](C)C(=O)N[C@H](CCCN=C(N)N)C(=O)O. The molecule has 40 N–H and O–H groups in total. The van der Waals surface area contributed by atoms with Crippen LogP contribution in [-0.4, -0.2) is 247 Å². The first-order valence-electron chi connectivity index (χ1n) is 39.8. The average Bonchev–Trinajstić information content (AvgIpc) is 0.868. The summed E-state index contributed by atoms with van der Waals surface area (Å²) in [6.07, 6.45) is 0.581. The number of nitrogens with two attached hydrogens (primary N) is 13. The maximum Gasteiger partial charge on any atom is 0.326 e. The van der Waals surface area contributed by atoms with E-state index in [1.165, 1.54) is 27.7 Å². The highest BCUT2D eigenvalue weighted by atomic mass is 16.4. The molecule has 13 amide bonds. The van der Waals surface area contributed by atoms with Gasteiger partial charge in [-0.1, -0.05) is 55.4 Å². The molecule has 0 aromatic rings. The van der Waals surface area contributed by atoms with Crippen LogP contribution in [0, 0.1) is 23.7 Å². The number of aliphatic carboxylic acids is 1. The Bertz CT molecular complexity index is 3480. The molecule has 676 valence electrons. The Balaban J connectivity index is 7.10. The first-order chi connectivity index (χ1) is 55.5. The Morgan fingerprint density at radius 3 is 0.580 bits per heavy atom. The minimum absolute atomic E-state index is 0.00368. The highest BCUT2D eigenvalue weighted by Crippen LogP contribution is 2.15. The van der Waals surface area contributed by atoms with E-state index in [4.69, 9.17) is 74.5 Å². The van der Waals surface area contributed by atoms with Gasteiger partial charge < -0.3 is 149 Å². The number of aliphatic imine (C=N–C) groups is 6. The molecule has 0 radical (unpaired) electrons. The molecule has 47 heteroatoms. The highest BCUT2D eigenvalue weighted by Gasteiger charge is 2.37. The van der Waals surface area contributed by atoms with Gasteiger partial charge in [0.05, 0.1) is 6.04 Å². The van der Waals surface area contributed by atoms with Gasteiger partial charge in [0.15, 0.2) is 35.8 Å². The van der Waals surface area contributed by atoms with Crippen LogP contribution in [0.3, 0.4) is 0 Å². The Hall–Kier alpha value is -11.8. The number of hydrogen-bond donors (Lipinski definition) is 27. The molecular formula is C72H138N32O15. The monoisotopic (exact) mass is 1690 g/mol. The summed E-state index contributed by atoms with van der Waals surface area (Å²) >= 11 is 0. The van der Waals surface area contributed by atoms with Gasteiger partial charge in [-0.15, -0.1) is 0 Å². The lowest BCUT2D eigenvalue weighted by Gasteiger charge is -2.28. The Morgan fingerprint density at radius 1 is 0.227 bits per heavy atom. The second-order valence-corrected chi connectivity index (χ2v) is 30.6. The number of nitrogens with one attached hydrogen (secondary N) is 13. The van der Waals surface area contributed by atoms with Gasteiger partial charge in [0, 0.05) is 39.3 Å². The van der Waals surface area contributed by atoms with Crippen LogP contribution in [-0.2, 0) is 67.1 Å². The first-order valence-corrected chi connectivity index (χ1v) is 39.8. The summed E-state index contributed by atoms with van der Waals surface area (Å²) in [5, 5.41) is 43.5. The lowest BCUT2D eigenvalue weighted by Crippen LogP contribution is -2.60. The maximum atomic E-state index is 14.7. The summed E-state index contributed by atoms with van der Waals surface area (Å²) in [7, 11) is 0. The predicted octanol–water partition coefficient (Wildman–Crippen LogP) is -8.71. The fourth-order valence-corrected chi connectivity index (χ4v) is 11.4. The standard InChI is InChI=1S/C72H138N32O15/c1-35(2)31-49(101-57(109)43(73)19-13-25-86-67(74)75)62(114)92-39(9)54(106)97-45(21-15-27-88-69(78)79)59(111)102-50(32-36(3)4)63(115)93-40(10)53(105)96-44(20-14-26-87-68(76)77)58(110)99-47(23-17-29-90-71(82)83)61(113)104-52(34-38(7)8)64(116)94-41(11)55(107)98-46(22-16-28-89-70(80)81)60(112)103-51(33-37(5)6)65(117)95-42(12)56(108)100-48(66(118)119)24-18-30-91-72(84)85/h35-52H,13-34,73H2,1-12H3,(H,92,114)(H,93,115)(H,94,116)(H,95,117)(H,96,105)(H,97,106)(H,98,107)(H,99,110)(H,100,108)(H,101,109)(H,102,111)(H,103,112)(H,104,113)(H,118,119)(H4,74,75,86)(H4,76,77,87)(H4,78,79,88)(H4,80,81,89)(H4,82,83,90)(H4,84,85,91)/t39-,40-,41-,42-,43-,44-,45-,46-,47-,48-,49-,50-,51-,52-/m1/s1. The minimum atomic E-state index is -1.49. The Kier molecular flexibility index (Phi) is 51.6. The van der Waals surface area contributed by atoms with Gasteiger partial charge >= 0.3 is 5.97 Å². The zero-order chi connectivity index (χ0) is 90.9. The van der Waals surface area contributed by atoms with Gasteiger partial charge in [-0.3, -0.25) is 92.3 Å². The van der Waals surface area contributed by atoms with E-state index < -0.39 is 167 Å². The predicted molar refractivity (Wildman–Crippen MR) is 451 cm³/mol. The van der Waals surface area contributed by atoms with Crippen LogP contribution in [0.4, 0.5) is 0 Å². The summed E-state index contributed by atoms with van der Waals surface area (Å²) in [5.74, 6) is -14.7. The van der Waals surface area contributed by atoms with Crippen molar-refractivity contribution in [2.24, 2.45) is 128 Å². The van der Waals surface area contributed by atoms with Crippen LogP contribution in [0.15, 0.2) is 30.0 Å². The third kappa shape index (κ3) is 48.5. The van der Waals surface area contributed by atoms with Crippen LogP contribution < -0.4 is 144 Å². The third-order valence-corrected chi connectivity index (χ3v) is 17.5. The van der Waals surface area contributed by atoms with Crippen LogP contribution in [0.5, 0.6) is 0 Å². The molecule has 0 heterocycles. The van der Waals surface area contributed by atoms with Crippen molar-refractivity contribution in [3.05, 3.63) is 0 Å². The number of carboxylic acid groups (broad SMARTS) is 1. The summed E-state index contributed by atoms with van der Waals surface area (Å²) < 4.78 is 0. The largest absolute Gasteiger partial charge is 0.480 e. The Morgan fingerprint density at radius 2 is 0.387 bits per heavy atom. The summed E-state index contributed by atoms with van der Waals surface area (Å²) in [4.78, 5) is 219. The fraction of sp³-hybridized carbons (Fsp3) is 0.722. The van der Waals surface area contributed by atoms with Crippen molar-refractivity contribution in [2.75, 3.05) is 39.3 Å². The number of amides is 13. The van der Waals surface area contributed by atoms with E-state index in [0.29, 0.717) is 6.42 Å². The van der Waals surface area contributed by atoms with Crippen molar-refractivity contribution in [1.29, 1.82) is 0 Å². The minimum Gasteiger partial charge on any atom is -0.480 e. The number of carbonyl (C=O) groups excluding carboxylic acids is 13. The summed E-state index contributed by atoms with van der Waals surface area (Å²) in [6, 6.07) is -18.9. The second-order valence-electron chi connectivity index (χ2n) is 30.6. The van der Waals surface area contributed by atoms with E-state index in [1.807, 2.05) is 13.8 Å². The molecule has 0 aromatic heterocycles. The number of hydrogen-bond acceptors (Lipinski definition) is 21. The molecular weight excluding hydrogens is 1550 g/mol. The molecule has 0 spiro atoms. The van der Waals surface area contributed by atoms with Crippen molar-refractivity contribution in [2.45, 2.75) is 270 Å². The smallest absolute Gasteiger partial charge is 0.326 e. The molecule has 47 nitrogen and oxygen atoms in total. The number of guanidine groups is 6. The van der Waals surface area contributed by atoms with E-state index in [-0.39, 0.29) is 195 Å². The molecule has 0 saturated heterocycles. The Labute approximate surface area is 695 Å². The lowest BCUT2D eigenvalue weighted by atomic mass is 10.0. The molecule has 0 aliphatic heterocycles. The van der Waals surface area contributed by atoms with Crippen LogP contribution in [0.25, 0.3) is 0 Å². The van der Waals surface area contributed by atoms with Crippen LogP contribution in [0.1, 0.15) is 186 Å². The van der Waals surface area contributed by atoms with Crippen molar-refractivity contribution in [1.82, 2.24) is 69.1 Å². The molecule has 0 unspecified atom stereocenters. The zero-order valence-corrected chi connectivity index (χ0v) is 70.8. The number of carbonyl (C=O) groups is 14. The van der Waals surface area contributed by atoms with E-state index in [0.717, 1.165) is 0 Å². The van der Waals surface area contributed by atoms with E-state index in [1.54, 1.807) is 41.5 Å². The van der Waals surface area contributed by atoms with Gasteiger partial charge in [-0.25, -0.2) is 4.79 Å². The van der Waals surface area contributed by atoms with Gasteiger partial charge in [0.25, 0.3) is 0 Å². The van der Waals surface area contributed by atoms with E-state index in [2.05, 4.69) is 99.1 Å². The molecule has 0 fully saturated rings. The first kappa shape index (κ1) is 107. The molecule has 0 aromatic carbocycles. The van der Waals surface area contributed by atoms with Gasteiger partial charge in [-0.05, 0) is 154 Å². The topological polar surface area (TPSA) is 828 Å². The molecule has 0 bridgehead atoms. The fourth-order valence-electron chi connectivity index (χ4n) is 11.4. The normalized spacial score (nSPS) is 14.6. The molecule has 14 atom stereocenters. The number of nitrogens with zero attached hydrogens (tertiary/aromatic N) is 6. The van der Waals surface area contributed by atoms with Crippen molar-refractivity contribution < 1.29 is 72.2 Å². The van der Waals surface area contributed by atoms with Gasteiger partial charge in [0.1, 0.15) is 78.5 Å². The number of rotatable bonds is 59. The van der Waals surface area contributed by atoms with Crippen LogP contribution in [0.2, 0.25) is 0 Å². The van der Waals surface area contributed by atoms with E-state index >= 15 is 0 Å². The maximum absolute atomic E-state index is 14.7. The van der Waals surface area contributed by atoms with E-state index in [9.17, 15) is 72.2 Å². The molecule has 0 aliphatic rings. The van der Waals surface area contributed by atoms with Crippen molar-refractivity contribution in [3.63, 3.8) is 0 Å². The quantitative estimate of drug-likeness (QED) is 0.0153. The number of carboxylic acids is 1. The average molecular weight is 1690 g/mol.